The number of fused-ring (bicyclic) bond motifs is 1. The number of amides is 5. The van der Waals surface area contributed by atoms with E-state index in [0.29, 0.717) is 17.5 Å². The van der Waals surface area contributed by atoms with Gasteiger partial charge in [0, 0.05) is 43.0 Å². The maximum atomic E-state index is 14.4. The van der Waals surface area contributed by atoms with Crippen molar-refractivity contribution in [3.8, 4) is 5.75 Å². The van der Waals surface area contributed by atoms with Crippen LogP contribution >= 0.6 is 0 Å². The summed E-state index contributed by atoms with van der Waals surface area (Å²) in [6.45, 7) is 3.34. The van der Waals surface area contributed by atoms with Crippen molar-refractivity contribution in [2.75, 3.05) is 19.6 Å². The fraction of sp³-hybridized carbons (Fsp3) is 0.450. The average Bonchev–Trinajstić information content (AvgIpc) is 3.61. The second kappa shape index (κ2) is 24.2. The number of para-hydroxylation sites is 1. The van der Waals surface area contributed by atoms with Crippen LogP contribution in [0.4, 0.5) is 0 Å². The van der Waals surface area contributed by atoms with Crippen LogP contribution < -0.4 is 55.3 Å². The van der Waals surface area contributed by atoms with E-state index in [1.54, 1.807) is 6.20 Å². The van der Waals surface area contributed by atoms with Crippen molar-refractivity contribution < 1.29 is 39.0 Å². The van der Waals surface area contributed by atoms with E-state index < -0.39 is 72.3 Å². The van der Waals surface area contributed by atoms with Gasteiger partial charge in [0.05, 0.1) is 6.04 Å². The number of nitrogens with two attached hydrogens (primary N) is 5. The third-order valence-corrected chi connectivity index (χ3v) is 9.38. The molecule has 0 aliphatic carbocycles. The lowest BCUT2D eigenvalue weighted by molar-refractivity contribution is -0.138. The molecule has 0 saturated heterocycles. The minimum atomic E-state index is -1.32. The summed E-state index contributed by atoms with van der Waals surface area (Å²) < 4.78 is 0. The largest absolute Gasteiger partial charge is 0.508 e. The fourth-order valence-corrected chi connectivity index (χ4v) is 6.31. The molecule has 0 saturated carbocycles. The molecular formula is C40H59N13O8. The van der Waals surface area contributed by atoms with Gasteiger partial charge in [-0.3, -0.25) is 38.8 Å². The highest BCUT2D eigenvalue weighted by Crippen LogP contribution is 2.20. The first-order valence-electron chi connectivity index (χ1n) is 19.8. The van der Waals surface area contributed by atoms with Crippen molar-refractivity contribution in [3.05, 3.63) is 65.9 Å². The zero-order chi connectivity index (χ0) is 45.1. The van der Waals surface area contributed by atoms with Crippen LogP contribution in [0.3, 0.4) is 0 Å². The molecule has 21 nitrogen and oxygen atoms in total. The quantitative estimate of drug-likeness (QED) is 0.0257. The van der Waals surface area contributed by atoms with Crippen LogP contribution in [0.5, 0.6) is 5.75 Å². The van der Waals surface area contributed by atoms with E-state index in [2.05, 4.69) is 41.6 Å². The smallest absolute Gasteiger partial charge is 0.322 e. The summed E-state index contributed by atoms with van der Waals surface area (Å²) in [5.74, 6) is -5.34. The summed E-state index contributed by atoms with van der Waals surface area (Å²) in [6, 6.07) is 7.18. The highest BCUT2D eigenvalue weighted by atomic mass is 16.4. The number of carboxylic acids is 1. The molecule has 0 unspecified atom stereocenters. The summed E-state index contributed by atoms with van der Waals surface area (Å²) in [5.41, 5.74) is 29.9. The zero-order valence-corrected chi connectivity index (χ0v) is 34.4. The van der Waals surface area contributed by atoms with Crippen molar-refractivity contribution in [3.63, 3.8) is 0 Å². The molecule has 0 bridgehead atoms. The van der Waals surface area contributed by atoms with Gasteiger partial charge in [-0.2, -0.15) is 0 Å². The van der Waals surface area contributed by atoms with Crippen LogP contribution in [-0.4, -0.2) is 112 Å². The molecule has 0 aliphatic rings. The van der Waals surface area contributed by atoms with E-state index in [1.807, 2.05) is 38.1 Å². The Morgan fingerprint density at radius 1 is 0.689 bits per heavy atom. The van der Waals surface area contributed by atoms with Gasteiger partial charge >= 0.3 is 5.97 Å². The molecule has 3 aromatic rings. The second-order valence-corrected chi connectivity index (χ2v) is 14.9. The van der Waals surface area contributed by atoms with Gasteiger partial charge in [-0.1, -0.05) is 44.2 Å². The predicted octanol–water partition coefficient (Wildman–Crippen LogP) is -1.72. The Morgan fingerprint density at radius 3 is 1.84 bits per heavy atom. The van der Waals surface area contributed by atoms with Gasteiger partial charge in [0.25, 0.3) is 0 Å². The number of carboxylic acid groups (broad SMARTS) is 1. The number of phenolic OH excluding ortho intramolecular Hbond substituents is 1. The van der Waals surface area contributed by atoms with E-state index in [-0.39, 0.29) is 75.2 Å². The number of carbonyl (C=O) groups excluding carboxylic acids is 5. The van der Waals surface area contributed by atoms with Gasteiger partial charge in [0.1, 0.15) is 36.5 Å². The van der Waals surface area contributed by atoms with Crippen LogP contribution in [0.1, 0.15) is 57.1 Å². The SMILES string of the molecule is CC(C)C[C@H](NC(=O)[C@@H](N)CCCN=C(N)N)C(=O)N[C@@H](Cc1c[nH]c2ccccc12)C(=O)N[C@@H](CCCN=C(N)N)C(=O)N[C@@H](Cc1ccc(O)cc1)C(=O)NCC(=O)O. The van der Waals surface area contributed by atoms with Crippen LogP contribution in [0.25, 0.3) is 10.9 Å². The van der Waals surface area contributed by atoms with Gasteiger partial charge in [-0.15, -0.1) is 0 Å². The number of hydrogen-bond donors (Lipinski definition) is 13. The number of hydrogen-bond acceptors (Lipinski definition) is 10. The Labute approximate surface area is 353 Å². The topological polar surface area (TPSA) is 374 Å². The van der Waals surface area contributed by atoms with Gasteiger partial charge in [0.2, 0.25) is 29.5 Å². The Kier molecular flexibility index (Phi) is 19.3. The molecule has 2 aromatic carbocycles. The average molecular weight is 850 g/mol. The predicted molar refractivity (Wildman–Crippen MR) is 229 cm³/mol. The number of H-pyrrole nitrogens is 1. The van der Waals surface area contributed by atoms with Gasteiger partial charge < -0.3 is 70.4 Å². The molecule has 1 aromatic heterocycles. The van der Waals surface area contributed by atoms with Crippen molar-refractivity contribution >= 4 is 58.3 Å². The molecule has 0 radical (unpaired) electrons. The highest BCUT2D eigenvalue weighted by molar-refractivity contribution is 5.97. The first kappa shape index (κ1) is 48.5. The number of benzene rings is 2. The lowest BCUT2D eigenvalue weighted by atomic mass is 9.99. The lowest BCUT2D eigenvalue weighted by Crippen LogP contribution is -2.59. The Bertz CT molecular complexity index is 2010. The fourth-order valence-electron chi connectivity index (χ4n) is 6.31. The minimum Gasteiger partial charge on any atom is -0.508 e. The number of aromatic nitrogens is 1. The van der Waals surface area contributed by atoms with Crippen LogP contribution in [0, 0.1) is 5.92 Å². The lowest BCUT2D eigenvalue weighted by Gasteiger charge is -2.27. The number of aliphatic imine (C=N–C) groups is 2. The van der Waals surface area contributed by atoms with Gasteiger partial charge in [0.15, 0.2) is 11.9 Å². The Morgan fingerprint density at radius 2 is 1.23 bits per heavy atom. The van der Waals surface area contributed by atoms with Crippen molar-refractivity contribution in [2.24, 2.45) is 44.6 Å². The molecule has 0 aliphatic heterocycles. The van der Waals surface area contributed by atoms with E-state index >= 15 is 0 Å². The number of rotatable bonds is 25. The van der Waals surface area contributed by atoms with Crippen molar-refractivity contribution in [2.45, 2.75) is 89.0 Å². The zero-order valence-electron chi connectivity index (χ0n) is 34.4. The van der Waals surface area contributed by atoms with Crippen LogP contribution in [-0.2, 0) is 41.6 Å². The Hall–Kier alpha value is -6.90. The number of carbonyl (C=O) groups is 6. The summed E-state index contributed by atoms with van der Waals surface area (Å²) in [6.07, 6.45) is 2.55. The standard InChI is InChI=1S/C40H59N13O8/c1-22(2)17-30(51-34(57)27(41)8-5-15-46-39(42)43)37(60)53-32(19-24-20-48-28-9-4-3-7-26(24)28)38(61)50-29(10-6-16-47-40(44)45)36(59)52-31(35(58)49-21-33(55)56)18-23-11-13-25(54)14-12-23/h3-4,7,9,11-14,20,22,27,29-32,48,54H,5-6,8,10,15-19,21,41H2,1-2H3,(H,49,58)(H,50,61)(H,51,57)(H,52,59)(H,53,60)(H,55,56)(H4,42,43,46)(H4,44,45,47)/t27-,29-,30-,31-,32-/m0/s1. The van der Waals surface area contributed by atoms with E-state index in [1.165, 1.54) is 24.3 Å². The number of guanidine groups is 2. The first-order valence-corrected chi connectivity index (χ1v) is 19.8. The van der Waals surface area contributed by atoms with Crippen molar-refractivity contribution in [1.29, 1.82) is 0 Å². The van der Waals surface area contributed by atoms with Gasteiger partial charge in [-0.05, 0) is 67.3 Å². The minimum absolute atomic E-state index is 0.0299. The highest BCUT2D eigenvalue weighted by Gasteiger charge is 2.33. The molecule has 61 heavy (non-hydrogen) atoms. The van der Waals surface area contributed by atoms with Gasteiger partial charge in [-0.25, -0.2) is 0 Å². The maximum Gasteiger partial charge on any atom is 0.322 e. The maximum absolute atomic E-state index is 14.4. The van der Waals surface area contributed by atoms with Crippen molar-refractivity contribution in [1.82, 2.24) is 31.6 Å². The van der Waals surface area contributed by atoms with E-state index in [9.17, 15) is 39.0 Å². The molecule has 0 fully saturated rings. The molecule has 1 heterocycles. The summed E-state index contributed by atoms with van der Waals surface area (Å²) in [5, 5.41) is 32.9. The molecule has 5 amide bonds. The monoisotopic (exact) mass is 849 g/mol. The number of nitrogens with one attached hydrogen (secondary N) is 6. The second-order valence-electron chi connectivity index (χ2n) is 14.9. The normalized spacial score (nSPS) is 13.4. The van der Waals surface area contributed by atoms with Crippen LogP contribution in [0.2, 0.25) is 0 Å². The third-order valence-electron chi connectivity index (χ3n) is 9.38. The Balaban J connectivity index is 1.94. The number of phenols is 1. The first-order chi connectivity index (χ1) is 28.9. The molecule has 21 heteroatoms. The summed E-state index contributed by atoms with van der Waals surface area (Å²) >= 11 is 0. The molecular weight excluding hydrogens is 791 g/mol. The van der Waals surface area contributed by atoms with Crippen LogP contribution in [0.15, 0.2) is 64.7 Å². The number of aromatic hydroxyl groups is 1. The molecule has 332 valence electrons. The molecule has 18 N–H and O–H groups in total. The molecule has 5 atom stereocenters. The third kappa shape index (κ3) is 17.1. The number of aliphatic carboxylic acids is 1. The number of nitrogens with zero attached hydrogens (tertiary/aromatic N) is 2. The summed E-state index contributed by atoms with van der Waals surface area (Å²) in [4.78, 5) is 91.2. The molecule has 0 spiro atoms. The summed E-state index contributed by atoms with van der Waals surface area (Å²) in [7, 11) is 0. The van der Waals surface area contributed by atoms with E-state index in [0.717, 1.165) is 10.9 Å². The molecule has 3 rings (SSSR count). The van der Waals surface area contributed by atoms with E-state index in [4.69, 9.17) is 28.7 Å². The number of aromatic amines is 1.